The number of aryl methyl sites for hydroxylation is 2. The molecule has 0 amide bonds. The third kappa shape index (κ3) is 3.54. The first-order valence-corrected chi connectivity index (χ1v) is 7.43. The molecule has 2 rings (SSSR count). The van der Waals surface area contributed by atoms with Gasteiger partial charge in [-0.05, 0) is 32.9 Å². The number of nitrogens with zero attached hydrogens (tertiary/aromatic N) is 3. The Balaban J connectivity index is 2.30. The average Bonchev–Trinajstić information content (AvgIpc) is 2.86. The van der Waals surface area contributed by atoms with E-state index in [0.717, 1.165) is 47.5 Å². The highest BCUT2D eigenvalue weighted by Crippen LogP contribution is 2.24. The van der Waals surface area contributed by atoms with Crippen molar-refractivity contribution in [2.75, 3.05) is 23.8 Å². The van der Waals surface area contributed by atoms with Crippen LogP contribution in [0.1, 0.15) is 36.8 Å². The molecule has 0 aromatic carbocycles. The van der Waals surface area contributed by atoms with Crippen LogP contribution in [-0.4, -0.2) is 23.6 Å². The minimum Gasteiger partial charge on any atom is -0.464 e. The monoisotopic (exact) mass is 288 g/mol. The fraction of sp³-hybridized carbons (Fsp3) is 0.500. The van der Waals surface area contributed by atoms with Crippen LogP contribution in [0.3, 0.4) is 0 Å². The van der Waals surface area contributed by atoms with Gasteiger partial charge in [0.15, 0.2) is 0 Å². The number of aromatic nitrogens is 2. The maximum absolute atomic E-state index is 5.65. The van der Waals surface area contributed by atoms with Gasteiger partial charge in [-0.1, -0.05) is 6.92 Å². The summed E-state index contributed by atoms with van der Waals surface area (Å²) in [6.45, 7) is 9.69. The molecule has 0 atom stereocenters. The summed E-state index contributed by atoms with van der Waals surface area (Å²) in [6.07, 6.45) is 0.819. The summed E-state index contributed by atoms with van der Waals surface area (Å²) in [5.41, 5.74) is 1.07. The van der Waals surface area contributed by atoms with Crippen LogP contribution >= 0.6 is 0 Å². The van der Waals surface area contributed by atoms with E-state index in [-0.39, 0.29) is 0 Å². The van der Waals surface area contributed by atoms with Crippen molar-refractivity contribution in [2.24, 2.45) is 0 Å². The number of hydrogen-bond donors (Lipinski definition) is 1. The third-order valence-electron chi connectivity index (χ3n) is 3.38. The summed E-state index contributed by atoms with van der Waals surface area (Å²) in [4.78, 5) is 11.3. The molecule has 0 saturated heterocycles. The molecule has 0 radical (unpaired) electrons. The summed E-state index contributed by atoms with van der Waals surface area (Å²) < 4.78 is 5.65. The van der Waals surface area contributed by atoms with E-state index in [1.807, 2.05) is 26.1 Å². The molecule has 2 heterocycles. The van der Waals surface area contributed by atoms with Gasteiger partial charge in [0.2, 0.25) is 0 Å². The molecule has 2 aromatic rings. The number of hydrogen-bond acceptors (Lipinski definition) is 5. The van der Waals surface area contributed by atoms with Crippen LogP contribution in [0.4, 0.5) is 11.6 Å². The molecule has 0 aliphatic carbocycles. The van der Waals surface area contributed by atoms with Gasteiger partial charge in [-0.3, -0.25) is 0 Å². The molecule has 21 heavy (non-hydrogen) atoms. The van der Waals surface area contributed by atoms with Crippen molar-refractivity contribution in [1.29, 1.82) is 0 Å². The predicted molar refractivity (Wildman–Crippen MR) is 85.9 cm³/mol. The summed E-state index contributed by atoms with van der Waals surface area (Å²) in [5, 5.41) is 3.31. The van der Waals surface area contributed by atoms with Gasteiger partial charge in [0.1, 0.15) is 29.0 Å². The number of rotatable bonds is 6. The van der Waals surface area contributed by atoms with Gasteiger partial charge in [-0.15, -0.1) is 0 Å². The molecule has 0 unspecified atom stereocenters. The van der Waals surface area contributed by atoms with Gasteiger partial charge < -0.3 is 14.6 Å². The Labute approximate surface area is 126 Å². The normalized spacial score (nSPS) is 10.7. The van der Waals surface area contributed by atoms with Gasteiger partial charge in [0.05, 0.1) is 6.54 Å². The first-order valence-electron chi connectivity index (χ1n) is 7.43. The van der Waals surface area contributed by atoms with Crippen molar-refractivity contribution in [3.8, 4) is 0 Å². The topological polar surface area (TPSA) is 54.2 Å². The first kappa shape index (κ1) is 15.4. The number of anilines is 2. The smallest absolute Gasteiger partial charge is 0.137 e. The van der Waals surface area contributed by atoms with Crippen LogP contribution in [0.15, 0.2) is 16.5 Å². The van der Waals surface area contributed by atoms with Gasteiger partial charge >= 0.3 is 0 Å². The Morgan fingerprint density at radius 1 is 1.19 bits per heavy atom. The molecule has 5 heteroatoms. The summed E-state index contributed by atoms with van der Waals surface area (Å²) in [7, 11) is 2.03. The number of nitrogens with one attached hydrogen (secondary N) is 1. The highest BCUT2D eigenvalue weighted by Gasteiger charge is 2.14. The van der Waals surface area contributed by atoms with Crippen molar-refractivity contribution in [3.05, 3.63) is 35.0 Å². The zero-order valence-corrected chi connectivity index (χ0v) is 13.5. The molecule has 0 aliphatic heterocycles. The highest BCUT2D eigenvalue weighted by molar-refractivity contribution is 5.58. The van der Waals surface area contributed by atoms with Gasteiger partial charge in [-0.25, -0.2) is 9.97 Å². The second-order valence-electron chi connectivity index (χ2n) is 5.19. The summed E-state index contributed by atoms with van der Waals surface area (Å²) >= 11 is 0. The maximum Gasteiger partial charge on any atom is 0.137 e. The van der Waals surface area contributed by atoms with Crippen LogP contribution in [0.25, 0.3) is 0 Å². The molecule has 114 valence electrons. The zero-order valence-electron chi connectivity index (χ0n) is 13.5. The van der Waals surface area contributed by atoms with Crippen molar-refractivity contribution >= 4 is 11.6 Å². The molecule has 5 nitrogen and oxygen atoms in total. The molecular weight excluding hydrogens is 264 g/mol. The molecule has 0 fully saturated rings. The van der Waals surface area contributed by atoms with Crippen LogP contribution in [0.5, 0.6) is 0 Å². The second-order valence-corrected chi connectivity index (χ2v) is 5.19. The Bertz CT molecular complexity index is 606. The standard InChI is InChI=1S/C16H24N4O/c1-6-14-18-15(17-7-2)12(4)16(19-14)20(5)10-13-9-8-11(3)21-13/h8-9H,6-7,10H2,1-5H3,(H,17,18,19). The fourth-order valence-electron chi connectivity index (χ4n) is 2.30. The predicted octanol–water partition coefficient (Wildman–Crippen LogP) is 3.32. The van der Waals surface area contributed by atoms with E-state index in [9.17, 15) is 0 Å². The van der Waals surface area contributed by atoms with Crippen molar-refractivity contribution in [2.45, 2.75) is 40.7 Å². The van der Waals surface area contributed by atoms with Gasteiger partial charge in [0.25, 0.3) is 0 Å². The van der Waals surface area contributed by atoms with Crippen LogP contribution in [-0.2, 0) is 13.0 Å². The van der Waals surface area contributed by atoms with Crippen molar-refractivity contribution in [3.63, 3.8) is 0 Å². The van der Waals surface area contributed by atoms with Crippen LogP contribution in [0, 0.1) is 13.8 Å². The minimum atomic E-state index is 0.695. The van der Waals surface area contributed by atoms with Crippen molar-refractivity contribution < 1.29 is 4.42 Å². The second kappa shape index (κ2) is 6.61. The molecule has 0 saturated carbocycles. The lowest BCUT2D eigenvalue weighted by Gasteiger charge is -2.21. The van der Waals surface area contributed by atoms with Gasteiger partial charge in [-0.2, -0.15) is 0 Å². The molecular formula is C16H24N4O. The van der Waals surface area contributed by atoms with E-state index in [1.165, 1.54) is 0 Å². The van der Waals surface area contributed by atoms with E-state index in [4.69, 9.17) is 4.42 Å². The lowest BCUT2D eigenvalue weighted by molar-refractivity contribution is 0.481. The number of furan rings is 1. The largest absolute Gasteiger partial charge is 0.464 e. The van der Waals surface area contributed by atoms with Crippen LogP contribution in [0.2, 0.25) is 0 Å². The van der Waals surface area contributed by atoms with E-state index in [0.29, 0.717) is 6.54 Å². The lowest BCUT2D eigenvalue weighted by Crippen LogP contribution is -2.20. The molecule has 0 spiro atoms. The Morgan fingerprint density at radius 3 is 2.52 bits per heavy atom. The van der Waals surface area contributed by atoms with E-state index < -0.39 is 0 Å². The van der Waals surface area contributed by atoms with E-state index in [2.05, 4.69) is 41.0 Å². The third-order valence-corrected chi connectivity index (χ3v) is 3.38. The molecule has 0 bridgehead atoms. The minimum absolute atomic E-state index is 0.695. The van der Waals surface area contributed by atoms with E-state index in [1.54, 1.807) is 0 Å². The quantitative estimate of drug-likeness (QED) is 0.883. The van der Waals surface area contributed by atoms with E-state index >= 15 is 0 Å². The molecule has 2 aromatic heterocycles. The molecule has 1 N–H and O–H groups in total. The first-order chi connectivity index (χ1) is 10.0. The molecule has 0 aliphatic rings. The zero-order chi connectivity index (χ0) is 15.4. The Kier molecular flexibility index (Phi) is 4.83. The summed E-state index contributed by atoms with van der Waals surface area (Å²) in [5.74, 6) is 4.60. The highest BCUT2D eigenvalue weighted by atomic mass is 16.3. The van der Waals surface area contributed by atoms with Crippen molar-refractivity contribution in [1.82, 2.24) is 9.97 Å². The Morgan fingerprint density at radius 2 is 1.95 bits per heavy atom. The van der Waals surface area contributed by atoms with Crippen LogP contribution < -0.4 is 10.2 Å². The SMILES string of the molecule is CCNc1nc(CC)nc(N(C)Cc2ccc(C)o2)c1C. The fourth-order valence-corrected chi connectivity index (χ4v) is 2.30. The van der Waals surface area contributed by atoms with Gasteiger partial charge in [0, 0.05) is 25.6 Å². The lowest BCUT2D eigenvalue weighted by atomic mass is 10.2. The average molecular weight is 288 g/mol. The maximum atomic E-state index is 5.65. The summed E-state index contributed by atoms with van der Waals surface area (Å²) in [6, 6.07) is 3.99. The Hall–Kier alpha value is -2.04.